The Hall–Kier alpha value is -2.43. The third-order valence-electron chi connectivity index (χ3n) is 2.33. The number of rotatable bonds is 2. The van der Waals surface area contributed by atoms with Gasteiger partial charge in [0.2, 0.25) is 0 Å². The number of hydrogen-bond acceptors (Lipinski definition) is 4. The van der Waals surface area contributed by atoms with E-state index in [4.69, 9.17) is 4.74 Å². The Bertz CT molecular complexity index is 666. The summed E-state index contributed by atoms with van der Waals surface area (Å²) in [5.74, 6) is 0.380. The Balaban J connectivity index is 2.58. The molecule has 2 rings (SSSR count). The van der Waals surface area contributed by atoms with Crippen molar-refractivity contribution >= 4 is 12.7 Å². The van der Waals surface area contributed by atoms with E-state index in [0.29, 0.717) is 21.9 Å². The molecule has 1 heterocycles. The number of phenols is 1. The van der Waals surface area contributed by atoms with Gasteiger partial charge < -0.3 is 14.4 Å². The van der Waals surface area contributed by atoms with Crippen molar-refractivity contribution in [3.05, 3.63) is 44.8 Å². The Labute approximate surface area is 96.2 Å². The SMILES string of the molecule is C=c1[nH]oc(=O)/c1=C\c1ccc(OC)c(O)c1. The van der Waals surface area contributed by atoms with Gasteiger partial charge in [-0.2, -0.15) is 0 Å². The van der Waals surface area contributed by atoms with Crippen LogP contribution in [0.2, 0.25) is 0 Å². The molecule has 0 radical (unpaired) electrons. The van der Waals surface area contributed by atoms with E-state index in [1.165, 1.54) is 13.2 Å². The van der Waals surface area contributed by atoms with E-state index in [9.17, 15) is 9.90 Å². The fraction of sp³-hybridized carbons (Fsp3) is 0.0833. The molecule has 1 aromatic heterocycles. The highest BCUT2D eigenvalue weighted by Crippen LogP contribution is 2.26. The lowest BCUT2D eigenvalue weighted by Crippen LogP contribution is -2.31. The number of ether oxygens (including phenoxy) is 1. The van der Waals surface area contributed by atoms with E-state index in [-0.39, 0.29) is 5.75 Å². The summed E-state index contributed by atoms with van der Waals surface area (Å²) >= 11 is 0. The molecule has 0 aliphatic rings. The Morgan fingerprint density at radius 1 is 1.53 bits per heavy atom. The van der Waals surface area contributed by atoms with Gasteiger partial charge in [0.15, 0.2) is 11.5 Å². The van der Waals surface area contributed by atoms with Gasteiger partial charge in [-0.3, -0.25) is 0 Å². The van der Waals surface area contributed by atoms with Crippen LogP contribution < -0.4 is 20.9 Å². The van der Waals surface area contributed by atoms with Gasteiger partial charge in [0.05, 0.1) is 17.7 Å². The first-order chi connectivity index (χ1) is 8.11. The Kier molecular flexibility index (Phi) is 2.74. The van der Waals surface area contributed by atoms with Crippen LogP contribution in [-0.2, 0) is 0 Å². The zero-order chi connectivity index (χ0) is 12.4. The number of aromatic hydroxyl groups is 1. The van der Waals surface area contributed by atoms with Crippen LogP contribution in [-0.4, -0.2) is 17.4 Å². The summed E-state index contributed by atoms with van der Waals surface area (Å²) in [4.78, 5) is 11.3. The number of phenolic OH excluding ortho intramolecular Hbond substituents is 1. The lowest BCUT2D eigenvalue weighted by atomic mass is 10.1. The smallest absolute Gasteiger partial charge is 0.365 e. The monoisotopic (exact) mass is 233 g/mol. The van der Waals surface area contributed by atoms with Crippen LogP contribution in [0.4, 0.5) is 0 Å². The number of aromatic nitrogens is 1. The van der Waals surface area contributed by atoms with Crippen molar-refractivity contribution in [2.24, 2.45) is 0 Å². The molecule has 0 bridgehead atoms. The molecule has 0 spiro atoms. The average molecular weight is 233 g/mol. The molecule has 0 aliphatic carbocycles. The van der Waals surface area contributed by atoms with Gasteiger partial charge >= 0.3 is 5.63 Å². The van der Waals surface area contributed by atoms with Crippen molar-refractivity contribution in [1.82, 2.24) is 5.16 Å². The molecule has 0 amide bonds. The van der Waals surface area contributed by atoms with Crippen molar-refractivity contribution in [3.63, 3.8) is 0 Å². The molecule has 0 aliphatic heterocycles. The quantitative estimate of drug-likeness (QED) is 0.760. The van der Waals surface area contributed by atoms with Gasteiger partial charge in [0.1, 0.15) is 0 Å². The molecule has 5 nitrogen and oxygen atoms in total. The molecule has 0 saturated carbocycles. The number of H-pyrrole nitrogens is 1. The van der Waals surface area contributed by atoms with Gasteiger partial charge in [0, 0.05) is 0 Å². The Morgan fingerprint density at radius 3 is 2.82 bits per heavy atom. The second kappa shape index (κ2) is 4.21. The molecule has 88 valence electrons. The molecule has 2 aromatic rings. The molecule has 0 fully saturated rings. The summed E-state index contributed by atoms with van der Waals surface area (Å²) in [6.45, 7) is 3.63. The van der Waals surface area contributed by atoms with Crippen molar-refractivity contribution in [3.8, 4) is 11.5 Å². The number of methoxy groups -OCH3 is 1. The summed E-state index contributed by atoms with van der Waals surface area (Å²) in [7, 11) is 1.47. The maximum atomic E-state index is 11.3. The van der Waals surface area contributed by atoms with E-state index in [1.54, 1.807) is 18.2 Å². The zero-order valence-electron chi connectivity index (χ0n) is 9.19. The molecule has 0 unspecified atom stereocenters. The minimum absolute atomic E-state index is 0.00628. The van der Waals surface area contributed by atoms with Crippen LogP contribution in [0.25, 0.3) is 12.7 Å². The van der Waals surface area contributed by atoms with Crippen LogP contribution in [0, 0.1) is 0 Å². The molecule has 17 heavy (non-hydrogen) atoms. The van der Waals surface area contributed by atoms with Crippen LogP contribution in [0.3, 0.4) is 0 Å². The first kappa shape index (κ1) is 11.1. The van der Waals surface area contributed by atoms with Gasteiger partial charge in [0.25, 0.3) is 0 Å². The summed E-state index contributed by atoms with van der Waals surface area (Å²) in [6.07, 6.45) is 1.57. The third-order valence-corrected chi connectivity index (χ3v) is 2.33. The predicted molar refractivity (Wildman–Crippen MR) is 62.3 cm³/mol. The fourth-order valence-corrected chi connectivity index (χ4v) is 1.45. The van der Waals surface area contributed by atoms with Gasteiger partial charge in [-0.1, -0.05) is 12.6 Å². The minimum Gasteiger partial charge on any atom is -0.504 e. The van der Waals surface area contributed by atoms with Crippen molar-refractivity contribution in [2.75, 3.05) is 7.11 Å². The van der Waals surface area contributed by atoms with E-state index in [1.807, 2.05) is 0 Å². The largest absolute Gasteiger partial charge is 0.504 e. The standard InChI is InChI=1S/C12H11NO4/c1-7-9(12(15)17-13-7)5-8-3-4-11(16-2)10(14)6-8/h3-6,13-14H,1H2,2H3/b9-5-. The van der Waals surface area contributed by atoms with Crippen LogP contribution in [0.5, 0.6) is 11.5 Å². The van der Waals surface area contributed by atoms with Crippen molar-refractivity contribution in [2.45, 2.75) is 0 Å². The normalized spacial score (nSPS) is 11.7. The summed E-state index contributed by atoms with van der Waals surface area (Å²) < 4.78 is 9.50. The Morgan fingerprint density at radius 2 is 2.29 bits per heavy atom. The topological polar surface area (TPSA) is 75.5 Å². The first-order valence-corrected chi connectivity index (χ1v) is 4.87. The van der Waals surface area contributed by atoms with Crippen molar-refractivity contribution < 1.29 is 14.4 Å². The second-order valence-corrected chi connectivity index (χ2v) is 3.46. The zero-order valence-corrected chi connectivity index (χ0v) is 9.19. The van der Waals surface area contributed by atoms with E-state index in [2.05, 4.69) is 16.3 Å². The average Bonchev–Trinajstić information content (AvgIpc) is 2.61. The lowest BCUT2D eigenvalue weighted by Gasteiger charge is -2.02. The third kappa shape index (κ3) is 2.08. The summed E-state index contributed by atoms with van der Waals surface area (Å²) in [5.41, 5.74) is 0.158. The predicted octanol–water partition coefficient (Wildman–Crippen LogP) is -0.0788. The van der Waals surface area contributed by atoms with Gasteiger partial charge in [-0.15, -0.1) is 0 Å². The fourth-order valence-electron chi connectivity index (χ4n) is 1.45. The molecule has 0 atom stereocenters. The highest BCUT2D eigenvalue weighted by atomic mass is 16.5. The van der Waals surface area contributed by atoms with Crippen LogP contribution >= 0.6 is 0 Å². The number of aromatic amines is 1. The van der Waals surface area contributed by atoms with Gasteiger partial charge in [-0.05, 0) is 23.8 Å². The van der Waals surface area contributed by atoms with E-state index >= 15 is 0 Å². The number of benzene rings is 1. The lowest BCUT2D eigenvalue weighted by molar-refractivity contribution is 0.373. The molecule has 0 saturated heterocycles. The molecular weight excluding hydrogens is 222 g/mol. The minimum atomic E-state index is -0.495. The van der Waals surface area contributed by atoms with E-state index in [0.717, 1.165) is 0 Å². The van der Waals surface area contributed by atoms with Gasteiger partial charge in [-0.25, -0.2) is 9.95 Å². The highest BCUT2D eigenvalue weighted by molar-refractivity contribution is 5.55. The first-order valence-electron chi connectivity index (χ1n) is 4.87. The maximum absolute atomic E-state index is 11.3. The maximum Gasteiger partial charge on any atom is 0.365 e. The number of hydrogen-bond donors (Lipinski definition) is 2. The number of nitrogens with one attached hydrogen (secondary N) is 1. The van der Waals surface area contributed by atoms with Crippen molar-refractivity contribution in [1.29, 1.82) is 0 Å². The second-order valence-electron chi connectivity index (χ2n) is 3.46. The molecule has 2 N–H and O–H groups in total. The molecular formula is C12H11NO4. The van der Waals surface area contributed by atoms with Crippen LogP contribution in [0.15, 0.2) is 27.5 Å². The molecule has 5 heteroatoms. The van der Waals surface area contributed by atoms with E-state index < -0.39 is 5.63 Å². The van der Waals surface area contributed by atoms with Crippen LogP contribution in [0.1, 0.15) is 5.56 Å². The summed E-state index contributed by atoms with van der Waals surface area (Å²) in [5, 5.41) is 12.7. The molecule has 1 aromatic carbocycles. The highest BCUT2D eigenvalue weighted by Gasteiger charge is 2.02. The summed E-state index contributed by atoms with van der Waals surface area (Å²) in [6, 6.07) is 4.81.